The van der Waals surface area contributed by atoms with E-state index >= 15 is 0 Å². The molecule has 1 saturated carbocycles. The third kappa shape index (κ3) is 2.32. The van der Waals surface area contributed by atoms with Crippen LogP contribution in [0.4, 0.5) is 0 Å². The quantitative estimate of drug-likeness (QED) is 0.613. The lowest BCUT2D eigenvalue weighted by Gasteiger charge is -2.21. The summed E-state index contributed by atoms with van der Waals surface area (Å²) in [4.78, 5) is 22.9. The molecule has 4 heteroatoms. The Morgan fingerprint density at radius 1 is 0.929 bits per heavy atom. The van der Waals surface area contributed by atoms with E-state index in [4.69, 9.17) is 0 Å². The maximum Gasteiger partial charge on any atom is 0.229 e. The zero-order chi connectivity index (χ0) is 9.97. The first-order valence-corrected chi connectivity index (χ1v) is 5.33. The molecular weight excluding hydrogens is 180 g/mol. The highest BCUT2D eigenvalue weighted by Crippen LogP contribution is 2.28. The van der Waals surface area contributed by atoms with Gasteiger partial charge in [0.25, 0.3) is 0 Å². The lowest BCUT2D eigenvalue weighted by Crippen LogP contribution is -2.41. The van der Waals surface area contributed by atoms with E-state index in [2.05, 4.69) is 10.6 Å². The van der Waals surface area contributed by atoms with Crippen molar-refractivity contribution in [3.05, 3.63) is 0 Å². The minimum atomic E-state index is -0.0663. The van der Waals surface area contributed by atoms with Gasteiger partial charge in [0, 0.05) is 11.8 Å². The fraction of sp³-hybridized carbons (Fsp3) is 0.800. The molecule has 0 aromatic carbocycles. The van der Waals surface area contributed by atoms with E-state index in [-0.39, 0.29) is 23.7 Å². The standard InChI is InChI=1S/C10H16N2O2/c13-9(7-1-2-7)12-10(14)8-3-5-11-6-4-8/h7-8,11H,1-6H2,(H,12,13,14). The number of rotatable bonds is 2. The Labute approximate surface area is 83.4 Å². The van der Waals surface area contributed by atoms with Crippen LogP contribution in [-0.4, -0.2) is 24.9 Å². The van der Waals surface area contributed by atoms with Crippen molar-refractivity contribution in [2.45, 2.75) is 25.7 Å². The predicted molar refractivity (Wildman–Crippen MR) is 51.5 cm³/mol. The molecular formula is C10H16N2O2. The molecule has 2 aliphatic rings. The Morgan fingerprint density at radius 3 is 1.93 bits per heavy atom. The van der Waals surface area contributed by atoms with Gasteiger partial charge in [-0.2, -0.15) is 0 Å². The van der Waals surface area contributed by atoms with Crippen LogP contribution < -0.4 is 10.6 Å². The van der Waals surface area contributed by atoms with E-state index < -0.39 is 0 Å². The van der Waals surface area contributed by atoms with Crippen LogP contribution in [0.1, 0.15) is 25.7 Å². The molecule has 4 nitrogen and oxygen atoms in total. The second-order valence-electron chi connectivity index (χ2n) is 4.15. The zero-order valence-electron chi connectivity index (χ0n) is 8.21. The molecule has 1 saturated heterocycles. The highest BCUT2D eigenvalue weighted by molar-refractivity contribution is 5.98. The van der Waals surface area contributed by atoms with Crippen LogP contribution in [0, 0.1) is 11.8 Å². The third-order valence-electron chi connectivity index (χ3n) is 2.90. The molecule has 14 heavy (non-hydrogen) atoms. The van der Waals surface area contributed by atoms with Crippen molar-refractivity contribution < 1.29 is 9.59 Å². The lowest BCUT2D eigenvalue weighted by atomic mass is 9.97. The number of carbonyl (C=O) groups excluding carboxylic acids is 2. The lowest BCUT2D eigenvalue weighted by molar-refractivity contribution is -0.133. The molecule has 1 heterocycles. The van der Waals surface area contributed by atoms with Gasteiger partial charge in [-0.1, -0.05) is 0 Å². The van der Waals surface area contributed by atoms with Crippen molar-refractivity contribution in [3.8, 4) is 0 Å². The summed E-state index contributed by atoms with van der Waals surface area (Å²) in [6.07, 6.45) is 3.60. The first-order valence-electron chi connectivity index (χ1n) is 5.33. The maximum atomic E-state index is 11.6. The normalized spacial score (nSPS) is 23.1. The molecule has 1 aliphatic heterocycles. The minimum absolute atomic E-state index is 0.0407. The number of hydrogen-bond acceptors (Lipinski definition) is 3. The highest BCUT2D eigenvalue weighted by atomic mass is 16.2. The molecule has 2 amide bonds. The SMILES string of the molecule is O=C(NC(=O)C1CC1)C1CCNCC1. The highest BCUT2D eigenvalue weighted by Gasteiger charge is 2.32. The van der Waals surface area contributed by atoms with Crippen LogP contribution in [-0.2, 0) is 9.59 Å². The van der Waals surface area contributed by atoms with Gasteiger partial charge in [0.05, 0.1) is 0 Å². The van der Waals surface area contributed by atoms with E-state index in [9.17, 15) is 9.59 Å². The van der Waals surface area contributed by atoms with Crippen LogP contribution in [0.15, 0.2) is 0 Å². The second-order valence-corrected chi connectivity index (χ2v) is 4.15. The summed E-state index contributed by atoms with van der Waals surface area (Å²) >= 11 is 0. The summed E-state index contributed by atoms with van der Waals surface area (Å²) in [5, 5.41) is 5.70. The van der Waals surface area contributed by atoms with Crippen LogP contribution in [0.25, 0.3) is 0 Å². The number of nitrogens with one attached hydrogen (secondary N) is 2. The maximum absolute atomic E-state index is 11.6. The Kier molecular flexibility index (Phi) is 2.82. The molecule has 0 unspecified atom stereocenters. The second kappa shape index (κ2) is 4.09. The summed E-state index contributed by atoms with van der Waals surface area (Å²) in [7, 11) is 0. The van der Waals surface area contributed by atoms with Crippen molar-refractivity contribution in [1.82, 2.24) is 10.6 Å². The summed E-state index contributed by atoms with van der Waals surface area (Å²) in [6.45, 7) is 1.77. The summed E-state index contributed by atoms with van der Waals surface area (Å²) in [6, 6.07) is 0. The summed E-state index contributed by atoms with van der Waals surface area (Å²) in [5.41, 5.74) is 0. The zero-order valence-corrected chi connectivity index (χ0v) is 8.21. The molecule has 2 rings (SSSR count). The van der Waals surface area contributed by atoms with E-state index in [1.54, 1.807) is 0 Å². The van der Waals surface area contributed by atoms with E-state index in [1.807, 2.05) is 0 Å². The van der Waals surface area contributed by atoms with Gasteiger partial charge < -0.3 is 5.32 Å². The van der Waals surface area contributed by atoms with Crippen molar-refractivity contribution in [2.75, 3.05) is 13.1 Å². The predicted octanol–water partition coefficient (Wildman–Crippen LogP) is 0.0388. The molecule has 2 fully saturated rings. The van der Waals surface area contributed by atoms with Gasteiger partial charge in [0.2, 0.25) is 11.8 Å². The summed E-state index contributed by atoms with van der Waals surface area (Å²) in [5.74, 6) is 0.0385. The summed E-state index contributed by atoms with van der Waals surface area (Å²) < 4.78 is 0. The fourth-order valence-electron chi connectivity index (χ4n) is 1.76. The van der Waals surface area contributed by atoms with Crippen molar-refractivity contribution >= 4 is 11.8 Å². The number of amides is 2. The molecule has 1 aliphatic carbocycles. The van der Waals surface area contributed by atoms with Gasteiger partial charge >= 0.3 is 0 Å². The van der Waals surface area contributed by atoms with Gasteiger partial charge in [-0.15, -0.1) is 0 Å². The fourth-order valence-corrected chi connectivity index (χ4v) is 1.76. The topological polar surface area (TPSA) is 58.2 Å². The first-order chi connectivity index (χ1) is 6.77. The average molecular weight is 196 g/mol. The van der Waals surface area contributed by atoms with Gasteiger partial charge in [-0.3, -0.25) is 14.9 Å². The van der Waals surface area contributed by atoms with E-state index in [0.29, 0.717) is 0 Å². The van der Waals surface area contributed by atoms with Crippen LogP contribution in [0.5, 0.6) is 0 Å². The molecule has 0 aromatic heterocycles. The van der Waals surface area contributed by atoms with Crippen LogP contribution in [0.3, 0.4) is 0 Å². The number of imide groups is 1. The van der Waals surface area contributed by atoms with E-state index in [1.165, 1.54) is 0 Å². The molecule has 0 aromatic rings. The Balaban J connectivity index is 1.78. The smallest absolute Gasteiger partial charge is 0.229 e. The third-order valence-corrected chi connectivity index (χ3v) is 2.90. The van der Waals surface area contributed by atoms with E-state index in [0.717, 1.165) is 38.8 Å². The molecule has 0 atom stereocenters. The number of carbonyl (C=O) groups is 2. The van der Waals surface area contributed by atoms with Gasteiger partial charge in [0.1, 0.15) is 0 Å². The average Bonchev–Trinajstić information content (AvgIpc) is 3.02. The Morgan fingerprint density at radius 2 is 1.43 bits per heavy atom. The largest absolute Gasteiger partial charge is 0.317 e. The molecule has 78 valence electrons. The Bertz CT molecular complexity index is 243. The van der Waals surface area contributed by atoms with Crippen LogP contribution in [0.2, 0.25) is 0 Å². The van der Waals surface area contributed by atoms with Crippen molar-refractivity contribution in [2.24, 2.45) is 11.8 Å². The molecule has 2 N–H and O–H groups in total. The van der Waals surface area contributed by atoms with Gasteiger partial charge in [0.15, 0.2) is 0 Å². The first kappa shape index (κ1) is 9.65. The molecule has 0 bridgehead atoms. The molecule has 0 spiro atoms. The number of hydrogen-bond donors (Lipinski definition) is 2. The molecule has 0 radical (unpaired) electrons. The van der Waals surface area contributed by atoms with Gasteiger partial charge in [-0.05, 0) is 38.8 Å². The number of piperidine rings is 1. The van der Waals surface area contributed by atoms with Crippen molar-refractivity contribution in [3.63, 3.8) is 0 Å². The Hall–Kier alpha value is -0.900. The van der Waals surface area contributed by atoms with Crippen molar-refractivity contribution in [1.29, 1.82) is 0 Å². The van der Waals surface area contributed by atoms with Gasteiger partial charge in [-0.25, -0.2) is 0 Å². The monoisotopic (exact) mass is 196 g/mol. The minimum Gasteiger partial charge on any atom is -0.317 e. The van der Waals surface area contributed by atoms with Crippen LogP contribution >= 0.6 is 0 Å².